The van der Waals surface area contributed by atoms with Crippen LogP contribution in [0.3, 0.4) is 0 Å². The van der Waals surface area contributed by atoms with Crippen LogP contribution in [0.15, 0.2) is 0 Å². The molecule has 4 nitrogen and oxygen atoms in total. The predicted molar refractivity (Wildman–Crippen MR) is 80.8 cm³/mol. The molecular weight excluding hydrogens is 260 g/mol. The highest BCUT2D eigenvalue weighted by Crippen LogP contribution is 2.12. The molecule has 0 amide bonds. The molecule has 116 valence electrons. The van der Waals surface area contributed by atoms with Gasteiger partial charge in [-0.05, 0) is 25.4 Å². The SMILES string of the molecule is CCCCOCCO[Si](C)(CC)OCCOCCC. The summed E-state index contributed by atoms with van der Waals surface area (Å²) in [7, 11) is -2.01. The van der Waals surface area contributed by atoms with Crippen molar-refractivity contribution in [2.24, 2.45) is 0 Å². The van der Waals surface area contributed by atoms with Gasteiger partial charge in [0.1, 0.15) is 0 Å². The van der Waals surface area contributed by atoms with E-state index in [1.54, 1.807) is 0 Å². The monoisotopic (exact) mass is 292 g/mol. The molecular formula is C14H32O4Si. The Morgan fingerprint density at radius 3 is 1.74 bits per heavy atom. The fourth-order valence-electron chi connectivity index (χ4n) is 1.47. The van der Waals surface area contributed by atoms with Gasteiger partial charge in [0.15, 0.2) is 0 Å². The Kier molecular flexibility index (Phi) is 13.1. The lowest BCUT2D eigenvalue weighted by Gasteiger charge is -2.25. The van der Waals surface area contributed by atoms with Crippen molar-refractivity contribution in [1.29, 1.82) is 0 Å². The number of rotatable bonds is 14. The highest BCUT2D eigenvalue weighted by molar-refractivity contribution is 6.65. The summed E-state index contributed by atoms with van der Waals surface area (Å²) in [6.07, 6.45) is 3.34. The number of unbranched alkanes of at least 4 members (excludes halogenated alkanes) is 1. The van der Waals surface area contributed by atoms with E-state index < -0.39 is 8.56 Å². The molecule has 1 atom stereocenters. The Labute approximate surface area is 120 Å². The fraction of sp³-hybridized carbons (Fsp3) is 1.00. The highest BCUT2D eigenvalue weighted by atomic mass is 28.4. The molecule has 0 fully saturated rings. The highest BCUT2D eigenvalue weighted by Gasteiger charge is 2.28. The molecule has 0 aromatic rings. The minimum Gasteiger partial charge on any atom is -0.392 e. The minimum absolute atomic E-state index is 0.632. The van der Waals surface area contributed by atoms with Crippen LogP contribution in [-0.2, 0) is 18.3 Å². The summed E-state index contributed by atoms with van der Waals surface area (Å²) in [6.45, 7) is 12.7. The molecule has 19 heavy (non-hydrogen) atoms. The van der Waals surface area contributed by atoms with Crippen LogP contribution in [0.2, 0.25) is 12.6 Å². The van der Waals surface area contributed by atoms with Crippen LogP contribution in [0.1, 0.15) is 40.0 Å². The second kappa shape index (κ2) is 13.1. The molecule has 0 heterocycles. The lowest BCUT2D eigenvalue weighted by atomic mass is 10.4. The van der Waals surface area contributed by atoms with Gasteiger partial charge in [0.2, 0.25) is 0 Å². The Balaban J connectivity index is 3.58. The molecule has 0 saturated carbocycles. The molecule has 0 rings (SSSR count). The average Bonchev–Trinajstić information content (AvgIpc) is 2.42. The third-order valence-electron chi connectivity index (χ3n) is 2.90. The largest absolute Gasteiger partial charge is 0.392 e. The van der Waals surface area contributed by atoms with Gasteiger partial charge in [0.25, 0.3) is 0 Å². The number of hydrogen-bond acceptors (Lipinski definition) is 4. The van der Waals surface area contributed by atoms with Gasteiger partial charge in [-0.1, -0.05) is 27.2 Å². The number of hydrogen-bond donors (Lipinski definition) is 0. The molecule has 0 aliphatic carbocycles. The molecule has 0 aliphatic heterocycles. The van der Waals surface area contributed by atoms with E-state index in [1.165, 1.54) is 6.42 Å². The Hall–Kier alpha value is 0.0569. The van der Waals surface area contributed by atoms with E-state index >= 15 is 0 Å². The first-order valence-electron chi connectivity index (χ1n) is 7.62. The van der Waals surface area contributed by atoms with Crippen molar-refractivity contribution in [2.45, 2.75) is 52.6 Å². The van der Waals surface area contributed by atoms with Gasteiger partial charge >= 0.3 is 8.56 Å². The lowest BCUT2D eigenvalue weighted by molar-refractivity contribution is 0.0600. The molecule has 0 bridgehead atoms. The Morgan fingerprint density at radius 2 is 1.26 bits per heavy atom. The molecule has 1 unspecified atom stereocenters. The molecule has 0 aromatic heterocycles. The summed E-state index contributed by atoms with van der Waals surface area (Å²) in [5, 5.41) is 0. The van der Waals surface area contributed by atoms with Crippen molar-refractivity contribution in [1.82, 2.24) is 0 Å². The zero-order valence-corrected chi connectivity index (χ0v) is 14.2. The maximum absolute atomic E-state index is 5.90. The van der Waals surface area contributed by atoms with Crippen LogP contribution in [-0.4, -0.2) is 48.2 Å². The van der Waals surface area contributed by atoms with Crippen LogP contribution < -0.4 is 0 Å². The first-order valence-corrected chi connectivity index (χ1v) is 10.1. The fourth-order valence-corrected chi connectivity index (χ4v) is 3.00. The smallest absolute Gasteiger partial charge is 0.334 e. The van der Waals surface area contributed by atoms with Gasteiger partial charge in [0.05, 0.1) is 26.4 Å². The molecule has 0 aliphatic rings. The van der Waals surface area contributed by atoms with E-state index in [2.05, 4.69) is 27.3 Å². The molecule has 0 aromatic carbocycles. The van der Waals surface area contributed by atoms with Crippen molar-refractivity contribution >= 4 is 8.56 Å². The first-order chi connectivity index (χ1) is 9.18. The second-order valence-electron chi connectivity index (χ2n) is 4.76. The van der Waals surface area contributed by atoms with Gasteiger partial charge in [-0.15, -0.1) is 0 Å². The third kappa shape index (κ3) is 11.6. The zero-order chi connectivity index (χ0) is 14.4. The maximum Gasteiger partial charge on any atom is 0.334 e. The van der Waals surface area contributed by atoms with Crippen molar-refractivity contribution in [3.63, 3.8) is 0 Å². The molecule has 0 radical (unpaired) electrons. The minimum atomic E-state index is -2.01. The third-order valence-corrected chi connectivity index (χ3v) is 5.82. The normalized spacial score (nSPS) is 14.5. The van der Waals surface area contributed by atoms with E-state index in [9.17, 15) is 0 Å². The van der Waals surface area contributed by atoms with Gasteiger partial charge < -0.3 is 18.3 Å². The van der Waals surface area contributed by atoms with E-state index in [0.29, 0.717) is 26.4 Å². The Bertz CT molecular complexity index is 192. The van der Waals surface area contributed by atoms with Crippen LogP contribution in [0, 0.1) is 0 Å². The predicted octanol–water partition coefficient (Wildman–Crippen LogP) is 3.35. The summed E-state index contributed by atoms with van der Waals surface area (Å²) in [5.41, 5.74) is 0. The summed E-state index contributed by atoms with van der Waals surface area (Å²) in [6, 6.07) is 0.954. The van der Waals surface area contributed by atoms with E-state index in [4.69, 9.17) is 18.3 Å². The van der Waals surface area contributed by atoms with E-state index in [-0.39, 0.29) is 0 Å². The lowest BCUT2D eigenvalue weighted by Crippen LogP contribution is -2.39. The summed E-state index contributed by atoms with van der Waals surface area (Å²) in [4.78, 5) is 0. The van der Waals surface area contributed by atoms with Crippen molar-refractivity contribution in [3.8, 4) is 0 Å². The molecule has 0 spiro atoms. The van der Waals surface area contributed by atoms with Crippen molar-refractivity contribution in [2.75, 3.05) is 39.6 Å². The van der Waals surface area contributed by atoms with Crippen LogP contribution in [0.25, 0.3) is 0 Å². The maximum atomic E-state index is 5.90. The van der Waals surface area contributed by atoms with Crippen LogP contribution in [0.5, 0.6) is 0 Å². The van der Waals surface area contributed by atoms with E-state index in [0.717, 1.165) is 32.1 Å². The summed E-state index contributed by atoms with van der Waals surface area (Å²) in [5.74, 6) is 0. The topological polar surface area (TPSA) is 36.9 Å². The van der Waals surface area contributed by atoms with E-state index in [1.807, 2.05) is 0 Å². The summed E-state index contributed by atoms with van der Waals surface area (Å²) < 4.78 is 22.7. The first kappa shape index (κ1) is 19.1. The number of ether oxygens (including phenoxy) is 2. The summed E-state index contributed by atoms with van der Waals surface area (Å²) >= 11 is 0. The van der Waals surface area contributed by atoms with Gasteiger partial charge in [-0.2, -0.15) is 0 Å². The van der Waals surface area contributed by atoms with Gasteiger partial charge in [-0.25, -0.2) is 0 Å². The molecule has 5 heteroatoms. The van der Waals surface area contributed by atoms with Crippen LogP contribution >= 0.6 is 0 Å². The van der Waals surface area contributed by atoms with Crippen molar-refractivity contribution in [3.05, 3.63) is 0 Å². The average molecular weight is 292 g/mol. The standard InChI is InChI=1S/C14H32O4Si/c1-5-8-10-16-12-14-18-19(4,7-3)17-13-11-15-9-6-2/h5-14H2,1-4H3. The quantitative estimate of drug-likeness (QED) is 0.363. The van der Waals surface area contributed by atoms with Crippen LogP contribution in [0.4, 0.5) is 0 Å². The Morgan fingerprint density at radius 1 is 0.684 bits per heavy atom. The molecule has 0 saturated heterocycles. The van der Waals surface area contributed by atoms with Crippen molar-refractivity contribution < 1.29 is 18.3 Å². The zero-order valence-electron chi connectivity index (χ0n) is 13.2. The van der Waals surface area contributed by atoms with Gasteiger partial charge in [-0.3, -0.25) is 0 Å². The van der Waals surface area contributed by atoms with Gasteiger partial charge in [0, 0.05) is 13.2 Å². The second-order valence-corrected chi connectivity index (χ2v) is 8.31. The molecule has 0 N–H and O–H groups in total.